The van der Waals surface area contributed by atoms with Crippen LogP contribution >= 0.6 is 0 Å². The zero-order valence-electron chi connectivity index (χ0n) is 27.4. The summed E-state index contributed by atoms with van der Waals surface area (Å²) in [6.45, 7) is 0. The summed E-state index contributed by atoms with van der Waals surface area (Å²) >= 11 is 0. The number of hydrogen-bond donors (Lipinski definition) is 0. The van der Waals surface area contributed by atoms with E-state index in [9.17, 15) is 0 Å². The fraction of sp³-hybridized carbons (Fsp3) is 0.0204. The highest BCUT2D eigenvalue weighted by molar-refractivity contribution is 6.11. The summed E-state index contributed by atoms with van der Waals surface area (Å²) in [5.74, 6) is 0. The summed E-state index contributed by atoms with van der Waals surface area (Å²) in [4.78, 5) is 2.39. The number of fused-ring (bicyclic) bond motifs is 8. The molecule has 0 saturated heterocycles. The molecule has 1 unspecified atom stereocenters. The van der Waals surface area contributed by atoms with Gasteiger partial charge in [-0.05, 0) is 98.1 Å². The van der Waals surface area contributed by atoms with Crippen LogP contribution in [-0.2, 0) is 5.41 Å². The first-order valence-corrected chi connectivity index (χ1v) is 17.5. The molecule has 8 aromatic rings. The van der Waals surface area contributed by atoms with E-state index in [0.29, 0.717) is 0 Å². The lowest BCUT2D eigenvalue weighted by molar-refractivity contribution is 0.669. The second kappa shape index (κ2) is 9.66. The van der Waals surface area contributed by atoms with Crippen LogP contribution in [0.25, 0.3) is 60.9 Å². The van der Waals surface area contributed by atoms with Crippen molar-refractivity contribution in [2.45, 2.75) is 5.41 Å². The molecule has 4 aliphatic rings. The Morgan fingerprint density at radius 1 is 0.510 bits per heavy atom. The number of hydrogen-bond acceptors (Lipinski definition) is 2. The fourth-order valence-electron chi connectivity index (χ4n) is 9.60. The van der Waals surface area contributed by atoms with Gasteiger partial charge in [-0.25, -0.2) is 0 Å². The summed E-state index contributed by atoms with van der Waals surface area (Å²) in [7, 11) is 0. The van der Waals surface area contributed by atoms with Crippen LogP contribution in [0, 0.1) is 0 Å². The Bertz CT molecular complexity index is 2980. The van der Waals surface area contributed by atoms with Crippen molar-refractivity contribution in [2.24, 2.45) is 0 Å². The molecule has 7 aromatic carbocycles. The summed E-state index contributed by atoms with van der Waals surface area (Å²) in [6.07, 6.45) is 6.04. The minimum atomic E-state index is -0.376. The highest BCUT2D eigenvalue weighted by Gasteiger charge is 2.57. The number of benzene rings is 7. The smallest absolute Gasteiger partial charge is 0.159 e. The van der Waals surface area contributed by atoms with E-state index in [0.717, 1.165) is 50.1 Å². The first-order chi connectivity index (χ1) is 25.3. The van der Waals surface area contributed by atoms with Gasteiger partial charge in [-0.3, -0.25) is 0 Å². The van der Waals surface area contributed by atoms with E-state index in [-0.39, 0.29) is 5.41 Å². The maximum atomic E-state index is 6.73. The molecule has 0 saturated carbocycles. The highest BCUT2D eigenvalue weighted by atomic mass is 16.3. The molecule has 0 amide bonds. The summed E-state index contributed by atoms with van der Waals surface area (Å²) in [5.41, 5.74) is 26.7. The summed E-state index contributed by atoms with van der Waals surface area (Å²) < 4.78 is 6.73. The van der Waals surface area contributed by atoms with Gasteiger partial charge in [0.05, 0.1) is 16.8 Å². The topological polar surface area (TPSA) is 16.4 Å². The van der Waals surface area contributed by atoms with Gasteiger partial charge >= 0.3 is 0 Å². The van der Waals surface area contributed by atoms with Crippen molar-refractivity contribution in [1.29, 1.82) is 0 Å². The normalized spacial score (nSPS) is 16.4. The van der Waals surface area contributed by atoms with Crippen molar-refractivity contribution in [3.63, 3.8) is 0 Å². The molecule has 0 bridgehead atoms. The van der Waals surface area contributed by atoms with Crippen LogP contribution in [0.2, 0.25) is 0 Å². The molecule has 1 aromatic heterocycles. The second-order valence-corrected chi connectivity index (χ2v) is 13.8. The van der Waals surface area contributed by atoms with Crippen molar-refractivity contribution in [2.75, 3.05) is 4.90 Å². The molecule has 0 radical (unpaired) electrons. The van der Waals surface area contributed by atoms with E-state index in [4.69, 9.17) is 4.42 Å². The van der Waals surface area contributed by atoms with Crippen LogP contribution in [0.5, 0.6) is 0 Å². The van der Waals surface area contributed by atoms with Crippen molar-refractivity contribution < 1.29 is 4.42 Å². The van der Waals surface area contributed by atoms with E-state index in [2.05, 4.69) is 162 Å². The Labute approximate surface area is 294 Å². The molecule has 51 heavy (non-hydrogen) atoms. The van der Waals surface area contributed by atoms with Crippen LogP contribution < -0.4 is 4.90 Å². The molecule has 2 heteroatoms. The van der Waals surface area contributed by atoms with Gasteiger partial charge < -0.3 is 9.32 Å². The van der Waals surface area contributed by atoms with Gasteiger partial charge in [0, 0.05) is 27.6 Å². The SMILES string of the molecule is C1=C=C(c2ccccc2N(c2ccc3c(c2)C24c5ccccc5-c5cccc(c52)-c2cccc-3c24)c2cccc3c2oc2ccccc23)C=CC=1. The average molecular weight is 646 g/mol. The fourth-order valence-corrected chi connectivity index (χ4v) is 9.60. The second-order valence-electron chi connectivity index (χ2n) is 13.8. The van der Waals surface area contributed by atoms with Crippen molar-refractivity contribution in [1.82, 2.24) is 0 Å². The van der Waals surface area contributed by atoms with E-state index in [1.807, 2.05) is 18.2 Å². The lowest BCUT2D eigenvalue weighted by Crippen LogP contribution is -2.23. The molecule has 4 aliphatic carbocycles. The first kappa shape index (κ1) is 27.1. The lowest BCUT2D eigenvalue weighted by atomic mass is 9.73. The number of para-hydroxylation sites is 3. The van der Waals surface area contributed by atoms with Gasteiger partial charge in [0.15, 0.2) is 5.58 Å². The minimum absolute atomic E-state index is 0.376. The van der Waals surface area contributed by atoms with Crippen LogP contribution in [0.15, 0.2) is 180 Å². The largest absolute Gasteiger partial charge is 0.454 e. The van der Waals surface area contributed by atoms with E-state index in [1.165, 1.54) is 55.6 Å². The van der Waals surface area contributed by atoms with Gasteiger partial charge in [-0.2, -0.15) is 0 Å². The maximum absolute atomic E-state index is 6.73. The molecular formula is C49H27NO. The average Bonchev–Trinajstić information content (AvgIpc) is 3.91. The molecule has 0 N–H and O–H groups in total. The quantitative estimate of drug-likeness (QED) is 0.177. The summed E-state index contributed by atoms with van der Waals surface area (Å²) in [5, 5.41) is 2.21. The predicted molar refractivity (Wildman–Crippen MR) is 208 cm³/mol. The van der Waals surface area contributed by atoms with E-state index in [1.54, 1.807) is 0 Å². The third kappa shape index (κ3) is 3.29. The van der Waals surface area contributed by atoms with Gasteiger partial charge in [-0.1, -0.05) is 133 Å². The Balaban J connectivity index is 1.19. The Hall–Kier alpha value is -6.82. The monoisotopic (exact) mass is 645 g/mol. The number of allylic oxidation sites excluding steroid dienone is 4. The Kier molecular flexibility index (Phi) is 5.12. The van der Waals surface area contributed by atoms with Crippen LogP contribution in [0.1, 0.15) is 27.8 Å². The van der Waals surface area contributed by atoms with E-state index < -0.39 is 0 Å². The lowest BCUT2D eigenvalue weighted by Gasteiger charge is -2.31. The van der Waals surface area contributed by atoms with Gasteiger partial charge in [0.25, 0.3) is 0 Å². The molecule has 1 heterocycles. The van der Waals surface area contributed by atoms with Crippen molar-refractivity contribution >= 4 is 44.6 Å². The summed E-state index contributed by atoms with van der Waals surface area (Å²) in [6, 6.07) is 53.4. The van der Waals surface area contributed by atoms with Gasteiger partial charge in [0.2, 0.25) is 0 Å². The number of anilines is 3. The molecule has 0 fully saturated rings. The maximum Gasteiger partial charge on any atom is 0.159 e. The molecule has 1 spiro atoms. The zero-order valence-corrected chi connectivity index (χ0v) is 27.4. The standard InChI is InChI=1S/C49H27NO/c1-2-13-30(14-3-1)32-15-5-8-24-43(32)50(44-25-12-22-40-35-17-6-9-26-45(35)51-48(40)44)31-27-28-34-37-19-11-21-39-38-20-10-18-36-33-16-4-7-23-41(33)49(46(36)38,47(37)39)42(34)29-31/h1-2,4-13,15-29H. The van der Waals surface area contributed by atoms with Crippen LogP contribution in [0.3, 0.4) is 0 Å². The minimum Gasteiger partial charge on any atom is -0.454 e. The zero-order chi connectivity index (χ0) is 33.3. The molecule has 234 valence electrons. The molecule has 2 nitrogen and oxygen atoms in total. The first-order valence-electron chi connectivity index (χ1n) is 17.5. The van der Waals surface area contributed by atoms with Crippen LogP contribution in [0.4, 0.5) is 17.1 Å². The highest BCUT2D eigenvalue weighted by Crippen LogP contribution is 2.70. The number of rotatable bonds is 4. The molecule has 12 rings (SSSR count). The predicted octanol–water partition coefficient (Wildman–Crippen LogP) is 12.6. The third-order valence-corrected chi connectivity index (χ3v) is 11.5. The molecule has 1 atom stereocenters. The third-order valence-electron chi connectivity index (χ3n) is 11.5. The van der Waals surface area contributed by atoms with E-state index >= 15 is 0 Å². The van der Waals surface area contributed by atoms with Crippen molar-refractivity contribution in [3.8, 4) is 33.4 Å². The van der Waals surface area contributed by atoms with Crippen molar-refractivity contribution in [3.05, 3.63) is 203 Å². The Morgan fingerprint density at radius 2 is 1.14 bits per heavy atom. The van der Waals surface area contributed by atoms with Gasteiger partial charge in [-0.15, -0.1) is 0 Å². The number of furan rings is 1. The van der Waals surface area contributed by atoms with Gasteiger partial charge in [0.1, 0.15) is 5.58 Å². The number of nitrogens with zero attached hydrogens (tertiary/aromatic N) is 1. The van der Waals surface area contributed by atoms with Crippen LogP contribution in [-0.4, -0.2) is 0 Å². The Morgan fingerprint density at radius 3 is 1.94 bits per heavy atom. The molecule has 0 aliphatic heterocycles. The molecular weight excluding hydrogens is 619 g/mol.